The molecule has 1 N–H and O–H groups in total. The predicted octanol–water partition coefficient (Wildman–Crippen LogP) is 3.81. The molecule has 1 amide bonds. The van der Waals surface area contributed by atoms with E-state index in [0.29, 0.717) is 11.3 Å². The van der Waals surface area contributed by atoms with Crippen molar-refractivity contribution in [2.75, 3.05) is 7.11 Å². The second-order valence-corrected chi connectivity index (χ2v) is 5.26. The maximum absolute atomic E-state index is 13.6. The van der Waals surface area contributed by atoms with Gasteiger partial charge in [0.2, 0.25) is 11.7 Å². The molecule has 1 atom stereocenters. The number of para-hydroxylation sites is 1. The van der Waals surface area contributed by atoms with E-state index >= 15 is 0 Å². The first-order valence-electron chi connectivity index (χ1n) is 7.20. The Morgan fingerprint density at radius 3 is 2.08 bits per heavy atom. The highest BCUT2D eigenvalue weighted by atomic mass is 19.2. The zero-order valence-corrected chi connectivity index (χ0v) is 13.3. The molecule has 0 aliphatic rings. The van der Waals surface area contributed by atoms with Crippen molar-refractivity contribution in [3.05, 3.63) is 64.5 Å². The number of hydrogen-bond acceptors (Lipinski definition) is 2. The average molecular weight is 359 g/mol. The van der Waals surface area contributed by atoms with Crippen LogP contribution in [0, 0.1) is 29.1 Å². The summed E-state index contributed by atoms with van der Waals surface area (Å²) in [5, 5.41) is 2.44. The first-order chi connectivity index (χ1) is 11.8. The number of carbonyl (C=O) groups excluding carboxylic acids is 1. The molecular formula is C17H14F5NO2. The summed E-state index contributed by atoms with van der Waals surface area (Å²) >= 11 is 0. The number of methoxy groups -OCH3 is 1. The van der Waals surface area contributed by atoms with Gasteiger partial charge >= 0.3 is 0 Å². The molecule has 0 aromatic heterocycles. The minimum Gasteiger partial charge on any atom is -0.496 e. The topological polar surface area (TPSA) is 38.3 Å². The van der Waals surface area contributed by atoms with Crippen molar-refractivity contribution in [1.82, 2.24) is 5.32 Å². The van der Waals surface area contributed by atoms with Crippen LogP contribution in [0.3, 0.4) is 0 Å². The van der Waals surface area contributed by atoms with Crippen molar-refractivity contribution in [2.45, 2.75) is 19.4 Å². The Bertz CT molecular complexity index is 781. The van der Waals surface area contributed by atoms with Gasteiger partial charge in [-0.15, -0.1) is 0 Å². The van der Waals surface area contributed by atoms with Crippen LogP contribution in [0.15, 0.2) is 24.3 Å². The van der Waals surface area contributed by atoms with E-state index in [1.54, 1.807) is 31.2 Å². The van der Waals surface area contributed by atoms with E-state index in [9.17, 15) is 26.7 Å². The summed E-state index contributed by atoms with van der Waals surface area (Å²) in [4.78, 5) is 12.0. The van der Waals surface area contributed by atoms with Gasteiger partial charge in [0.25, 0.3) is 0 Å². The molecule has 134 valence electrons. The van der Waals surface area contributed by atoms with E-state index < -0.39 is 53.0 Å². The Kier molecular flexibility index (Phi) is 5.61. The first kappa shape index (κ1) is 18.7. The highest BCUT2D eigenvalue weighted by Gasteiger charge is 2.27. The van der Waals surface area contributed by atoms with Crippen LogP contribution >= 0.6 is 0 Å². The fourth-order valence-electron chi connectivity index (χ4n) is 2.36. The molecule has 1 unspecified atom stereocenters. The quantitative estimate of drug-likeness (QED) is 0.501. The van der Waals surface area contributed by atoms with E-state index in [1.165, 1.54) is 7.11 Å². The van der Waals surface area contributed by atoms with Gasteiger partial charge < -0.3 is 10.1 Å². The summed E-state index contributed by atoms with van der Waals surface area (Å²) in [5.74, 6) is -10.9. The number of amides is 1. The van der Waals surface area contributed by atoms with Crippen LogP contribution in [0.2, 0.25) is 0 Å². The molecule has 25 heavy (non-hydrogen) atoms. The Morgan fingerprint density at radius 2 is 1.52 bits per heavy atom. The largest absolute Gasteiger partial charge is 0.496 e. The molecular weight excluding hydrogens is 345 g/mol. The maximum atomic E-state index is 13.6. The molecule has 2 rings (SSSR count). The lowest BCUT2D eigenvalue weighted by Crippen LogP contribution is -2.29. The molecule has 3 nitrogen and oxygen atoms in total. The number of hydrogen-bond donors (Lipinski definition) is 1. The van der Waals surface area contributed by atoms with E-state index in [4.69, 9.17) is 4.74 Å². The zero-order valence-electron chi connectivity index (χ0n) is 13.3. The lowest BCUT2D eigenvalue weighted by atomic mass is 10.1. The van der Waals surface area contributed by atoms with Gasteiger partial charge in [-0.3, -0.25) is 4.79 Å². The molecule has 0 spiro atoms. The van der Waals surface area contributed by atoms with E-state index in [2.05, 4.69) is 5.32 Å². The average Bonchev–Trinajstić information content (AvgIpc) is 2.61. The third kappa shape index (κ3) is 3.72. The lowest BCUT2D eigenvalue weighted by Gasteiger charge is -2.17. The summed E-state index contributed by atoms with van der Waals surface area (Å²) in [5.41, 5.74) is -0.586. The molecule has 0 heterocycles. The second kappa shape index (κ2) is 7.50. The summed E-state index contributed by atoms with van der Waals surface area (Å²) in [6.07, 6.45) is -0.995. The third-order valence-electron chi connectivity index (χ3n) is 3.62. The van der Waals surface area contributed by atoms with E-state index in [0.717, 1.165) is 0 Å². The van der Waals surface area contributed by atoms with Gasteiger partial charge in [-0.2, -0.15) is 0 Å². The first-order valence-corrected chi connectivity index (χ1v) is 7.20. The highest BCUT2D eigenvalue weighted by molar-refractivity contribution is 5.79. The van der Waals surface area contributed by atoms with Crippen LogP contribution in [0.25, 0.3) is 0 Å². The monoisotopic (exact) mass is 359 g/mol. The summed E-state index contributed by atoms with van der Waals surface area (Å²) in [6.45, 7) is 1.59. The van der Waals surface area contributed by atoms with E-state index in [1.807, 2.05) is 0 Å². The molecule has 0 saturated heterocycles. The van der Waals surface area contributed by atoms with Gasteiger partial charge in [0.15, 0.2) is 23.3 Å². The Balaban J connectivity index is 2.21. The summed E-state index contributed by atoms with van der Waals surface area (Å²) in [6, 6.07) is 6.13. The number of carbonyl (C=O) groups is 1. The molecule has 0 bridgehead atoms. The summed E-state index contributed by atoms with van der Waals surface area (Å²) < 4.78 is 71.7. The maximum Gasteiger partial charge on any atom is 0.225 e. The standard InChI is InChI=1S/C17H14F5NO2/c1-8(9-5-3-4-6-11(9)25-2)23-12(24)7-10-13(18)15(20)17(22)16(21)14(10)19/h3-6,8H,7H2,1-2H3,(H,23,24). The van der Waals surface area contributed by atoms with Crippen molar-refractivity contribution in [3.8, 4) is 5.75 Å². The van der Waals surface area contributed by atoms with Crippen LogP contribution in [0.4, 0.5) is 22.0 Å². The molecule has 0 aliphatic heterocycles. The number of rotatable bonds is 5. The Morgan fingerprint density at radius 1 is 1.00 bits per heavy atom. The van der Waals surface area contributed by atoms with Crippen molar-refractivity contribution in [1.29, 1.82) is 0 Å². The number of halogens is 5. The minimum atomic E-state index is -2.26. The van der Waals surface area contributed by atoms with Crippen molar-refractivity contribution in [2.24, 2.45) is 0 Å². The van der Waals surface area contributed by atoms with Crippen LogP contribution < -0.4 is 10.1 Å². The molecule has 0 radical (unpaired) electrons. The predicted molar refractivity (Wildman–Crippen MR) is 79.5 cm³/mol. The van der Waals surface area contributed by atoms with Crippen molar-refractivity contribution in [3.63, 3.8) is 0 Å². The SMILES string of the molecule is COc1ccccc1C(C)NC(=O)Cc1c(F)c(F)c(F)c(F)c1F. The molecule has 0 fully saturated rings. The van der Waals surface area contributed by atoms with Gasteiger partial charge in [-0.05, 0) is 13.0 Å². The minimum absolute atomic E-state index is 0.478. The normalized spacial score (nSPS) is 12.0. The van der Waals surface area contributed by atoms with Crippen molar-refractivity contribution < 1.29 is 31.5 Å². The number of benzene rings is 2. The zero-order chi connectivity index (χ0) is 18.7. The molecule has 0 aliphatic carbocycles. The highest BCUT2D eigenvalue weighted by Crippen LogP contribution is 2.26. The van der Waals surface area contributed by atoms with Gasteiger partial charge in [0, 0.05) is 11.1 Å². The van der Waals surface area contributed by atoms with Crippen LogP contribution in [0.5, 0.6) is 5.75 Å². The lowest BCUT2D eigenvalue weighted by molar-refractivity contribution is -0.121. The summed E-state index contributed by atoms with van der Waals surface area (Å²) in [7, 11) is 1.43. The van der Waals surface area contributed by atoms with Crippen LogP contribution in [-0.4, -0.2) is 13.0 Å². The fraction of sp³-hybridized carbons (Fsp3) is 0.235. The molecule has 8 heteroatoms. The molecule has 2 aromatic rings. The fourth-order valence-corrected chi connectivity index (χ4v) is 2.36. The van der Waals surface area contributed by atoms with Gasteiger partial charge in [0.1, 0.15) is 5.75 Å². The molecule has 2 aromatic carbocycles. The van der Waals surface area contributed by atoms with Gasteiger partial charge in [-0.25, -0.2) is 22.0 Å². The molecule has 0 saturated carbocycles. The van der Waals surface area contributed by atoms with Crippen LogP contribution in [-0.2, 0) is 11.2 Å². The van der Waals surface area contributed by atoms with Crippen LogP contribution in [0.1, 0.15) is 24.1 Å². The van der Waals surface area contributed by atoms with Gasteiger partial charge in [-0.1, -0.05) is 18.2 Å². The number of nitrogens with one attached hydrogen (secondary N) is 1. The Hall–Kier alpha value is -2.64. The Labute approximate surface area is 140 Å². The van der Waals surface area contributed by atoms with E-state index in [-0.39, 0.29) is 0 Å². The third-order valence-corrected chi connectivity index (χ3v) is 3.62. The number of ether oxygens (including phenoxy) is 1. The van der Waals surface area contributed by atoms with Crippen molar-refractivity contribution >= 4 is 5.91 Å². The van der Waals surface area contributed by atoms with Gasteiger partial charge in [0.05, 0.1) is 19.6 Å². The smallest absolute Gasteiger partial charge is 0.225 e. The second-order valence-electron chi connectivity index (χ2n) is 5.26.